The van der Waals surface area contributed by atoms with Gasteiger partial charge in [0.2, 0.25) is 5.91 Å². The average Bonchev–Trinajstić information content (AvgIpc) is 3.18. The van der Waals surface area contributed by atoms with Gasteiger partial charge in [0.1, 0.15) is 5.82 Å². The first kappa shape index (κ1) is 14.4. The Bertz CT molecular complexity index is 866. The van der Waals surface area contributed by atoms with Gasteiger partial charge < -0.3 is 9.47 Å². The Morgan fingerprint density at radius 3 is 3.00 bits per heavy atom. The molecule has 0 saturated carbocycles. The summed E-state index contributed by atoms with van der Waals surface area (Å²) in [5.74, 6) is 2.08. The Kier molecular flexibility index (Phi) is 3.61. The SMILES string of the molecule is CCc1nnc2n1CCN(C(=O)Cc1csc3ccccc13)C2. The monoisotopic (exact) mass is 326 g/mol. The van der Waals surface area contributed by atoms with E-state index in [4.69, 9.17) is 0 Å². The highest BCUT2D eigenvalue weighted by Crippen LogP contribution is 2.26. The van der Waals surface area contributed by atoms with Crippen molar-refractivity contribution in [2.24, 2.45) is 0 Å². The molecule has 0 atom stereocenters. The van der Waals surface area contributed by atoms with Crippen LogP contribution in [-0.2, 0) is 30.7 Å². The third-order valence-corrected chi connectivity index (χ3v) is 5.41. The van der Waals surface area contributed by atoms with Gasteiger partial charge >= 0.3 is 0 Å². The van der Waals surface area contributed by atoms with Crippen LogP contribution in [0.5, 0.6) is 0 Å². The molecule has 5 nitrogen and oxygen atoms in total. The fourth-order valence-corrected chi connectivity index (χ4v) is 4.10. The highest BCUT2D eigenvalue weighted by Gasteiger charge is 2.24. The Morgan fingerprint density at radius 2 is 2.13 bits per heavy atom. The molecule has 0 aliphatic carbocycles. The molecular weight excluding hydrogens is 308 g/mol. The Hall–Kier alpha value is -2.21. The first-order valence-corrected chi connectivity index (χ1v) is 8.78. The number of hydrogen-bond acceptors (Lipinski definition) is 4. The van der Waals surface area contributed by atoms with Crippen molar-refractivity contribution in [3.63, 3.8) is 0 Å². The number of rotatable bonds is 3. The van der Waals surface area contributed by atoms with E-state index in [-0.39, 0.29) is 5.91 Å². The lowest BCUT2D eigenvalue weighted by atomic mass is 10.1. The summed E-state index contributed by atoms with van der Waals surface area (Å²) in [6.45, 7) is 4.17. The van der Waals surface area contributed by atoms with E-state index in [0.717, 1.165) is 36.7 Å². The fraction of sp³-hybridized carbons (Fsp3) is 0.353. The molecule has 0 radical (unpaired) electrons. The number of fused-ring (bicyclic) bond motifs is 2. The van der Waals surface area contributed by atoms with E-state index < -0.39 is 0 Å². The minimum absolute atomic E-state index is 0.167. The summed E-state index contributed by atoms with van der Waals surface area (Å²) in [5.41, 5.74) is 1.12. The van der Waals surface area contributed by atoms with E-state index in [9.17, 15) is 4.79 Å². The third kappa shape index (κ3) is 2.53. The van der Waals surface area contributed by atoms with E-state index >= 15 is 0 Å². The molecule has 0 fully saturated rings. The molecule has 0 unspecified atom stereocenters. The van der Waals surface area contributed by atoms with Gasteiger partial charge in [0.05, 0.1) is 13.0 Å². The molecule has 0 spiro atoms. The molecule has 0 saturated heterocycles. The van der Waals surface area contributed by atoms with Gasteiger partial charge in [-0.2, -0.15) is 0 Å². The lowest BCUT2D eigenvalue weighted by Gasteiger charge is -2.27. The summed E-state index contributed by atoms with van der Waals surface area (Å²) in [6, 6.07) is 8.25. The van der Waals surface area contributed by atoms with Crippen molar-refractivity contribution in [2.45, 2.75) is 32.9 Å². The first-order valence-electron chi connectivity index (χ1n) is 7.90. The van der Waals surface area contributed by atoms with E-state index in [0.29, 0.717) is 13.0 Å². The average molecular weight is 326 g/mol. The second-order valence-corrected chi connectivity index (χ2v) is 6.70. The summed E-state index contributed by atoms with van der Waals surface area (Å²) in [6.07, 6.45) is 1.33. The maximum Gasteiger partial charge on any atom is 0.227 e. The normalized spacial score (nSPS) is 14.2. The molecule has 1 aromatic carbocycles. The molecule has 1 aliphatic heterocycles. The number of carbonyl (C=O) groups excluding carboxylic acids is 1. The second-order valence-electron chi connectivity index (χ2n) is 5.79. The van der Waals surface area contributed by atoms with E-state index in [2.05, 4.69) is 39.2 Å². The van der Waals surface area contributed by atoms with Crippen molar-refractivity contribution in [1.29, 1.82) is 0 Å². The predicted octanol–water partition coefficient (Wildman–Crippen LogP) is 2.64. The van der Waals surface area contributed by atoms with Crippen molar-refractivity contribution in [3.05, 3.63) is 46.9 Å². The van der Waals surface area contributed by atoms with Crippen LogP contribution in [0.3, 0.4) is 0 Å². The van der Waals surface area contributed by atoms with Crippen molar-refractivity contribution in [1.82, 2.24) is 19.7 Å². The van der Waals surface area contributed by atoms with Crippen molar-refractivity contribution < 1.29 is 4.79 Å². The molecule has 6 heteroatoms. The maximum atomic E-state index is 12.7. The molecule has 0 bridgehead atoms. The number of benzene rings is 1. The molecule has 3 aromatic rings. The maximum absolute atomic E-state index is 12.7. The van der Waals surface area contributed by atoms with Crippen LogP contribution in [0, 0.1) is 0 Å². The summed E-state index contributed by atoms with van der Waals surface area (Å²) in [5, 5.41) is 11.7. The molecule has 1 aliphatic rings. The highest BCUT2D eigenvalue weighted by atomic mass is 32.1. The summed E-state index contributed by atoms with van der Waals surface area (Å²) in [4.78, 5) is 14.6. The topological polar surface area (TPSA) is 51.0 Å². The number of aromatic nitrogens is 3. The number of thiophene rings is 1. The zero-order chi connectivity index (χ0) is 15.8. The standard InChI is InChI=1S/C17H18N4OS/c1-2-15-18-19-16-10-20(7-8-21(15)16)17(22)9-12-11-23-14-6-4-3-5-13(12)14/h3-6,11H,2,7-10H2,1H3. The number of aryl methyl sites for hydroxylation is 1. The van der Waals surface area contributed by atoms with Gasteiger partial charge in [-0.05, 0) is 22.4 Å². The summed E-state index contributed by atoms with van der Waals surface area (Å²) in [7, 11) is 0. The number of hydrogen-bond donors (Lipinski definition) is 0. The van der Waals surface area contributed by atoms with Crippen molar-refractivity contribution in [2.75, 3.05) is 6.54 Å². The highest BCUT2D eigenvalue weighted by molar-refractivity contribution is 7.17. The van der Waals surface area contributed by atoms with Gasteiger partial charge in [-0.25, -0.2) is 0 Å². The molecule has 3 heterocycles. The minimum atomic E-state index is 0.167. The Labute approximate surface area is 138 Å². The molecule has 2 aromatic heterocycles. The van der Waals surface area contributed by atoms with Crippen molar-refractivity contribution >= 4 is 27.3 Å². The third-order valence-electron chi connectivity index (χ3n) is 4.40. The zero-order valence-corrected chi connectivity index (χ0v) is 13.8. The van der Waals surface area contributed by atoms with Crippen LogP contribution in [0.4, 0.5) is 0 Å². The number of carbonyl (C=O) groups is 1. The number of nitrogens with zero attached hydrogens (tertiary/aromatic N) is 4. The van der Waals surface area contributed by atoms with Gasteiger partial charge in [0.15, 0.2) is 5.82 Å². The van der Waals surface area contributed by atoms with Crippen LogP contribution >= 0.6 is 11.3 Å². The van der Waals surface area contributed by atoms with E-state index in [1.54, 1.807) is 11.3 Å². The molecule has 118 valence electrons. The van der Waals surface area contributed by atoms with Crippen LogP contribution in [-0.4, -0.2) is 32.1 Å². The fourth-order valence-electron chi connectivity index (χ4n) is 3.14. The molecule has 23 heavy (non-hydrogen) atoms. The van der Waals surface area contributed by atoms with Gasteiger partial charge in [0.25, 0.3) is 0 Å². The van der Waals surface area contributed by atoms with E-state index in [1.807, 2.05) is 17.0 Å². The van der Waals surface area contributed by atoms with Gasteiger partial charge in [0, 0.05) is 24.2 Å². The zero-order valence-electron chi connectivity index (χ0n) is 13.0. The van der Waals surface area contributed by atoms with Crippen LogP contribution in [0.2, 0.25) is 0 Å². The predicted molar refractivity (Wildman–Crippen MR) is 90.3 cm³/mol. The summed E-state index contributed by atoms with van der Waals surface area (Å²) < 4.78 is 3.38. The van der Waals surface area contributed by atoms with Crippen LogP contribution in [0.25, 0.3) is 10.1 Å². The lowest BCUT2D eigenvalue weighted by molar-refractivity contribution is -0.132. The van der Waals surface area contributed by atoms with Crippen LogP contribution in [0.15, 0.2) is 29.6 Å². The lowest BCUT2D eigenvalue weighted by Crippen LogP contribution is -2.39. The van der Waals surface area contributed by atoms with Crippen molar-refractivity contribution in [3.8, 4) is 0 Å². The minimum Gasteiger partial charge on any atom is -0.333 e. The van der Waals surface area contributed by atoms with Crippen LogP contribution in [0.1, 0.15) is 24.1 Å². The van der Waals surface area contributed by atoms with Gasteiger partial charge in [-0.3, -0.25) is 4.79 Å². The quantitative estimate of drug-likeness (QED) is 0.743. The van der Waals surface area contributed by atoms with Crippen LogP contribution < -0.4 is 0 Å². The smallest absolute Gasteiger partial charge is 0.227 e. The molecule has 0 N–H and O–H groups in total. The largest absolute Gasteiger partial charge is 0.333 e. The Balaban J connectivity index is 1.52. The number of amides is 1. The Morgan fingerprint density at radius 1 is 1.26 bits per heavy atom. The molecule has 1 amide bonds. The molecule has 4 rings (SSSR count). The second kappa shape index (κ2) is 5.77. The first-order chi connectivity index (χ1) is 11.3. The van der Waals surface area contributed by atoms with Gasteiger partial charge in [-0.1, -0.05) is 25.1 Å². The van der Waals surface area contributed by atoms with E-state index in [1.165, 1.54) is 10.1 Å². The molecular formula is C17H18N4OS. The summed E-state index contributed by atoms with van der Waals surface area (Å²) >= 11 is 1.70. The van der Waals surface area contributed by atoms with Gasteiger partial charge in [-0.15, -0.1) is 21.5 Å².